The average molecular weight is 308 g/mol. The Balaban J connectivity index is 2.51. The number of hydrogen-bond donors (Lipinski definition) is 0. The highest BCUT2D eigenvalue weighted by molar-refractivity contribution is 6.17. The summed E-state index contributed by atoms with van der Waals surface area (Å²) in [5.74, 6) is 0.411. The van der Waals surface area contributed by atoms with E-state index < -0.39 is 0 Å². The lowest BCUT2D eigenvalue weighted by Gasteiger charge is -2.15. The molecule has 2 nitrogen and oxygen atoms in total. The molecule has 0 aliphatic carbocycles. The molecule has 1 aromatic heterocycles. The second-order valence-electron chi connectivity index (χ2n) is 5.52. The van der Waals surface area contributed by atoms with E-state index in [1.54, 1.807) is 22.8 Å². The maximum Gasteiger partial charge on any atom is 0.255 e. The van der Waals surface area contributed by atoms with E-state index in [0.717, 1.165) is 17.7 Å². The molecule has 1 heterocycles. The van der Waals surface area contributed by atoms with E-state index >= 15 is 0 Å². The smallest absolute Gasteiger partial charge is 0.255 e. The van der Waals surface area contributed by atoms with E-state index in [-0.39, 0.29) is 17.3 Å². The summed E-state index contributed by atoms with van der Waals surface area (Å²) in [6.07, 6.45) is 0.903. The van der Waals surface area contributed by atoms with Gasteiger partial charge in [0.05, 0.1) is 11.6 Å². The standard InChI is InChI=1S/C17H19ClFNO/c1-12(2)9-10-20-16(8-5-14(11-18)17(20)21)13-3-6-15(19)7-4-13/h3-8,12H,9-11H2,1-2H3. The van der Waals surface area contributed by atoms with Crippen molar-refractivity contribution in [2.45, 2.75) is 32.7 Å². The summed E-state index contributed by atoms with van der Waals surface area (Å²) in [5.41, 5.74) is 2.16. The molecule has 0 spiro atoms. The molecule has 21 heavy (non-hydrogen) atoms. The molecule has 0 atom stereocenters. The number of halogens is 2. The second-order valence-corrected chi connectivity index (χ2v) is 5.79. The zero-order valence-corrected chi connectivity index (χ0v) is 13.0. The molecule has 1 aromatic carbocycles. The Morgan fingerprint density at radius 2 is 1.81 bits per heavy atom. The van der Waals surface area contributed by atoms with Crippen LogP contribution in [0.25, 0.3) is 11.3 Å². The maximum absolute atomic E-state index is 13.1. The number of alkyl halides is 1. The Bertz CT molecular complexity index is 661. The molecule has 0 aliphatic heterocycles. The fourth-order valence-corrected chi connectivity index (χ4v) is 2.41. The molecule has 0 bridgehead atoms. The number of pyridine rings is 1. The van der Waals surface area contributed by atoms with Gasteiger partial charge in [0.25, 0.3) is 5.56 Å². The van der Waals surface area contributed by atoms with Gasteiger partial charge < -0.3 is 4.57 Å². The van der Waals surface area contributed by atoms with Crippen LogP contribution in [-0.2, 0) is 12.4 Å². The minimum atomic E-state index is -0.285. The van der Waals surface area contributed by atoms with Gasteiger partial charge in [-0.25, -0.2) is 4.39 Å². The third-order valence-electron chi connectivity index (χ3n) is 3.47. The van der Waals surface area contributed by atoms with Gasteiger partial charge in [-0.2, -0.15) is 0 Å². The maximum atomic E-state index is 13.1. The van der Waals surface area contributed by atoms with Gasteiger partial charge in [0.15, 0.2) is 0 Å². The third kappa shape index (κ3) is 3.73. The molecule has 0 N–H and O–H groups in total. The van der Waals surface area contributed by atoms with Crippen LogP contribution in [0.5, 0.6) is 0 Å². The zero-order chi connectivity index (χ0) is 15.4. The van der Waals surface area contributed by atoms with Gasteiger partial charge in [0.1, 0.15) is 5.82 Å². The molecule has 0 amide bonds. The van der Waals surface area contributed by atoms with Gasteiger partial charge in [0.2, 0.25) is 0 Å². The van der Waals surface area contributed by atoms with E-state index in [1.165, 1.54) is 12.1 Å². The Morgan fingerprint density at radius 3 is 2.38 bits per heavy atom. The topological polar surface area (TPSA) is 22.0 Å². The van der Waals surface area contributed by atoms with Crippen molar-refractivity contribution in [3.8, 4) is 11.3 Å². The number of aromatic nitrogens is 1. The molecule has 112 valence electrons. The largest absolute Gasteiger partial charge is 0.308 e. The van der Waals surface area contributed by atoms with Crippen LogP contribution < -0.4 is 5.56 Å². The molecule has 2 aromatic rings. The summed E-state index contributed by atoms with van der Waals surface area (Å²) in [6.45, 7) is 4.87. The quantitative estimate of drug-likeness (QED) is 0.749. The van der Waals surface area contributed by atoms with E-state index in [9.17, 15) is 9.18 Å². The summed E-state index contributed by atoms with van der Waals surface area (Å²) in [4.78, 5) is 12.5. The second kappa shape index (κ2) is 6.90. The molecular weight excluding hydrogens is 289 g/mol. The fourth-order valence-electron chi connectivity index (χ4n) is 2.21. The third-order valence-corrected chi connectivity index (χ3v) is 3.75. The number of benzene rings is 1. The van der Waals surface area contributed by atoms with Crippen molar-refractivity contribution in [2.24, 2.45) is 5.92 Å². The van der Waals surface area contributed by atoms with Gasteiger partial charge >= 0.3 is 0 Å². The van der Waals surface area contributed by atoms with Crippen LogP contribution in [0.4, 0.5) is 4.39 Å². The predicted molar refractivity (Wildman–Crippen MR) is 85.1 cm³/mol. The molecule has 0 aliphatic rings. The highest BCUT2D eigenvalue weighted by atomic mass is 35.5. The van der Waals surface area contributed by atoms with Gasteiger partial charge in [0, 0.05) is 12.1 Å². The molecule has 0 fully saturated rings. The van der Waals surface area contributed by atoms with E-state index in [0.29, 0.717) is 18.0 Å². The monoisotopic (exact) mass is 307 g/mol. The minimum absolute atomic E-state index is 0.0625. The lowest BCUT2D eigenvalue weighted by Crippen LogP contribution is -2.25. The first-order valence-corrected chi connectivity index (χ1v) is 7.61. The summed E-state index contributed by atoms with van der Waals surface area (Å²) >= 11 is 5.82. The summed E-state index contributed by atoms with van der Waals surface area (Å²) in [6, 6.07) is 9.82. The Hall–Kier alpha value is -1.61. The van der Waals surface area contributed by atoms with Crippen LogP contribution in [0.15, 0.2) is 41.2 Å². The summed E-state index contributed by atoms with van der Waals surface area (Å²) in [7, 11) is 0. The number of hydrogen-bond acceptors (Lipinski definition) is 1. The normalized spacial score (nSPS) is 11.1. The van der Waals surface area contributed by atoms with E-state index in [1.807, 2.05) is 6.07 Å². The van der Waals surface area contributed by atoms with Crippen molar-refractivity contribution < 1.29 is 4.39 Å². The van der Waals surface area contributed by atoms with Gasteiger partial charge in [-0.05, 0) is 48.2 Å². The lowest BCUT2D eigenvalue weighted by molar-refractivity contribution is 0.509. The zero-order valence-electron chi connectivity index (χ0n) is 12.3. The Labute approximate surface area is 129 Å². The lowest BCUT2D eigenvalue weighted by atomic mass is 10.1. The van der Waals surface area contributed by atoms with Gasteiger partial charge in [-0.1, -0.05) is 19.9 Å². The SMILES string of the molecule is CC(C)CCn1c(-c2ccc(F)cc2)ccc(CCl)c1=O. The van der Waals surface area contributed by atoms with Crippen molar-refractivity contribution >= 4 is 11.6 Å². The molecular formula is C17H19ClFNO. The molecule has 0 saturated carbocycles. The first-order chi connectivity index (χ1) is 10.0. The van der Waals surface area contributed by atoms with Gasteiger partial charge in [-0.3, -0.25) is 4.79 Å². The van der Waals surface area contributed by atoms with Crippen LogP contribution in [0.1, 0.15) is 25.8 Å². The summed E-state index contributed by atoms with van der Waals surface area (Å²) in [5, 5.41) is 0. The van der Waals surface area contributed by atoms with Crippen molar-refractivity contribution in [3.05, 3.63) is 58.1 Å². The van der Waals surface area contributed by atoms with Crippen LogP contribution in [-0.4, -0.2) is 4.57 Å². The molecule has 4 heteroatoms. The van der Waals surface area contributed by atoms with E-state index in [4.69, 9.17) is 11.6 Å². The van der Waals surface area contributed by atoms with Gasteiger partial charge in [-0.15, -0.1) is 11.6 Å². The minimum Gasteiger partial charge on any atom is -0.308 e. The highest BCUT2D eigenvalue weighted by Crippen LogP contribution is 2.20. The molecule has 0 saturated heterocycles. The van der Waals surface area contributed by atoms with Crippen molar-refractivity contribution in [2.75, 3.05) is 0 Å². The predicted octanol–water partition coefficient (Wildman–Crippen LogP) is 4.44. The molecule has 2 rings (SSSR count). The van der Waals surface area contributed by atoms with Crippen molar-refractivity contribution in [3.63, 3.8) is 0 Å². The van der Waals surface area contributed by atoms with Crippen molar-refractivity contribution in [1.29, 1.82) is 0 Å². The van der Waals surface area contributed by atoms with Crippen LogP contribution in [0.2, 0.25) is 0 Å². The highest BCUT2D eigenvalue weighted by Gasteiger charge is 2.10. The van der Waals surface area contributed by atoms with Crippen LogP contribution >= 0.6 is 11.6 Å². The average Bonchev–Trinajstić information content (AvgIpc) is 2.46. The Morgan fingerprint density at radius 1 is 1.14 bits per heavy atom. The Kier molecular flexibility index (Phi) is 5.18. The van der Waals surface area contributed by atoms with Crippen LogP contribution in [0, 0.1) is 11.7 Å². The van der Waals surface area contributed by atoms with E-state index in [2.05, 4.69) is 13.8 Å². The molecule has 0 radical (unpaired) electrons. The number of nitrogens with zero attached hydrogens (tertiary/aromatic N) is 1. The fraction of sp³-hybridized carbons (Fsp3) is 0.353. The number of rotatable bonds is 5. The van der Waals surface area contributed by atoms with Crippen molar-refractivity contribution in [1.82, 2.24) is 4.57 Å². The summed E-state index contributed by atoms with van der Waals surface area (Å²) < 4.78 is 14.8. The van der Waals surface area contributed by atoms with Crippen LogP contribution in [0.3, 0.4) is 0 Å². The first-order valence-electron chi connectivity index (χ1n) is 7.07. The molecule has 0 unspecified atom stereocenters. The first kappa shape index (κ1) is 15.8.